The number of benzene rings is 1. The van der Waals surface area contributed by atoms with Crippen LogP contribution in [0.15, 0.2) is 24.3 Å². The average Bonchev–Trinajstić information content (AvgIpc) is 2.35. The summed E-state index contributed by atoms with van der Waals surface area (Å²) in [7, 11) is 0. The lowest BCUT2D eigenvalue weighted by molar-refractivity contribution is 0.308. The van der Waals surface area contributed by atoms with E-state index in [0.29, 0.717) is 0 Å². The second-order valence-corrected chi connectivity index (χ2v) is 5.34. The standard InChI is InChI=1S/C8H7N.C8H16/c1-7-2-4-8(6-9)5-3-7;1-7-3-5-8(2)6-4-7/h2-5H,1H3;7-8H,3-6H2,1-2H3. The molecule has 0 bridgehead atoms. The van der Waals surface area contributed by atoms with Crippen molar-refractivity contribution < 1.29 is 0 Å². The molecule has 0 amide bonds. The molecule has 1 nitrogen and oxygen atoms in total. The third-order valence-corrected chi connectivity index (χ3v) is 3.49. The number of rotatable bonds is 0. The molecule has 1 aliphatic carbocycles. The molecule has 1 heteroatoms. The van der Waals surface area contributed by atoms with Gasteiger partial charge in [-0.1, -0.05) is 57.2 Å². The van der Waals surface area contributed by atoms with Crippen LogP contribution in [0.4, 0.5) is 0 Å². The molecule has 0 radical (unpaired) electrons. The molecular weight excluding hydrogens is 206 g/mol. The summed E-state index contributed by atoms with van der Waals surface area (Å²) in [4.78, 5) is 0. The van der Waals surface area contributed by atoms with Gasteiger partial charge in [-0.3, -0.25) is 0 Å². The maximum atomic E-state index is 8.38. The zero-order valence-corrected chi connectivity index (χ0v) is 11.2. The van der Waals surface area contributed by atoms with Gasteiger partial charge in [-0.2, -0.15) is 5.26 Å². The molecule has 0 heterocycles. The van der Waals surface area contributed by atoms with Crippen molar-refractivity contribution in [2.24, 2.45) is 11.8 Å². The van der Waals surface area contributed by atoms with Crippen LogP contribution >= 0.6 is 0 Å². The van der Waals surface area contributed by atoms with Crippen LogP contribution in [-0.2, 0) is 0 Å². The van der Waals surface area contributed by atoms with E-state index in [-0.39, 0.29) is 0 Å². The van der Waals surface area contributed by atoms with Gasteiger partial charge in [0, 0.05) is 0 Å². The van der Waals surface area contributed by atoms with Gasteiger partial charge >= 0.3 is 0 Å². The van der Waals surface area contributed by atoms with E-state index >= 15 is 0 Å². The molecule has 0 spiro atoms. The highest BCUT2D eigenvalue weighted by Gasteiger charge is 2.13. The maximum absolute atomic E-state index is 8.38. The van der Waals surface area contributed by atoms with Gasteiger partial charge < -0.3 is 0 Å². The summed E-state index contributed by atoms with van der Waals surface area (Å²) >= 11 is 0. The van der Waals surface area contributed by atoms with Crippen molar-refractivity contribution in [1.29, 1.82) is 5.26 Å². The summed E-state index contributed by atoms with van der Waals surface area (Å²) in [6, 6.07) is 9.54. The minimum atomic E-state index is 0.723. The van der Waals surface area contributed by atoms with Crippen LogP contribution in [0.25, 0.3) is 0 Å². The molecule has 92 valence electrons. The minimum absolute atomic E-state index is 0.723. The normalized spacial score (nSPS) is 23.2. The molecule has 1 fully saturated rings. The van der Waals surface area contributed by atoms with Gasteiger partial charge in [0.2, 0.25) is 0 Å². The molecule has 1 aromatic rings. The Kier molecular flexibility index (Phi) is 5.77. The second-order valence-electron chi connectivity index (χ2n) is 5.34. The topological polar surface area (TPSA) is 23.8 Å². The molecule has 0 N–H and O–H groups in total. The Morgan fingerprint density at radius 3 is 1.71 bits per heavy atom. The van der Waals surface area contributed by atoms with E-state index < -0.39 is 0 Å². The lowest BCUT2D eigenvalue weighted by atomic mass is 9.84. The predicted octanol–water partition coefficient (Wildman–Crippen LogP) is 4.70. The first-order valence-electron chi connectivity index (χ1n) is 6.58. The van der Waals surface area contributed by atoms with Gasteiger partial charge in [-0.25, -0.2) is 0 Å². The second kappa shape index (κ2) is 7.12. The quantitative estimate of drug-likeness (QED) is 0.632. The fraction of sp³-hybridized carbons (Fsp3) is 0.562. The van der Waals surface area contributed by atoms with Gasteiger partial charge in [-0.15, -0.1) is 0 Å². The molecule has 17 heavy (non-hydrogen) atoms. The van der Waals surface area contributed by atoms with Crippen LogP contribution in [-0.4, -0.2) is 0 Å². The van der Waals surface area contributed by atoms with Gasteiger partial charge in [0.25, 0.3) is 0 Å². The van der Waals surface area contributed by atoms with Crippen molar-refractivity contribution >= 4 is 0 Å². The Morgan fingerprint density at radius 1 is 0.941 bits per heavy atom. The van der Waals surface area contributed by atoms with Crippen LogP contribution in [0.1, 0.15) is 50.7 Å². The highest BCUT2D eigenvalue weighted by Crippen LogP contribution is 2.27. The minimum Gasteiger partial charge on any atom is -0.192 e. The molecule has 1 aromatic carbocycles. The SMILES string of the molecule is CC1CCC(C)CC1.Cc1ccc(C#N)cc1. The van der Waals surface area contributed by atoms with Crippen molar-refractivity contribution in [3.05, 3.63) is 35.4 Å². The van der Waals surface area contributed by atoms with E-state index in [1.807, 2.05) is 31.2 Å². The van der Waals surface area contributed by atoms with Gasteiger partial charge in [0.05, 0.1) is 11.6 Å². The molecule has 0 unspecified atom stereocenters. The fourth-order valence-electron chi connectivity index (χ4n) is 2.05. The smallest absolute Gasteiger partial charge is 0.0991 e. The number of hydrogen-bond donors (Lipinski definition) is 0. The highest BCUT2D eigenvalue weighted by atomic mass is 14.2. The van der Waals surface area contributed by atoms with Gasteiger partial charge in [-0.05, 0) is 30.9 Å². The summed E-state index contributed by atoms with van der Waals surface area (Å²) in [5.74, 6) is 2.04. The first-order chi connectivity index (χ1) is 8.11. The number of nitrogens with zero attached hydrogens (tertiary/aromatic N) is 1. The monoisotopic (exact) mass is 229 g/mol. The van der Waals surface area contributed by atoms with Crippen molar-refractivity contribution in [3.8, 4) is 6.07 Å². The molecule has 1 saturated carbocycles. The Labute approximate surface area is 105 Å². The van der Waals surface area contributed by atoms with E-state index in [4.69, 9.17) is 5.26 Å². The van der Waals surface area contributed by atoms with Crippen LogP contribution in [0.3, 0.4) is 0 Å². The van der Waals surface area contributed by atoms with Crippen LogP contribution in [0.5, 0.6) is 0 Å². The summed E-state index contributed by atoms with van der Waals surface area (Å²) in [5, 5.41) is 8.38. The van der Waals surface area contributed by atoms with Crippen LogP contribution < -0.4 is 0 Å². The zero-order valence-electron chi connectivity index (χ0n) is 11.2. The summed E-state index contributed by atoms with van der Waals surface area (Å²) in [6.45, 7) is 6.74. The average molecular weight is 229 g/mol. The number of nitriles is 1. The van der Waals surface area contributed by atoms with Gasteiger partial charge in [0.1, 0.15) is 0 Å². The first kappa shape index (κ1) is 13.8. The van der Waals surface area contributed by atoms with Crippen molar-refractivity contribution in [3.63, 3.8) is 0 Å². The van der Waals surface area contributed by atoms with Crippen LogP contribution in [0, 0.1) is 30.1 Å². The molecule has 1 aliphatic rings. The lowest BCUT2D eigenvalue weighted by Gasteiger charge is -2.22. The van der Waals surface area contributed by atoms with Crippen molar-refractivity contribution in [1.82, 2.24) is 0 Å². The molecule has 2 rings (SSSR count). The molecular formula is C16H23N. The lowest BCUT2D eigenvalue weighted by Crippen LogP contribution is -2.08. The third kappa shape index (κ3) is 5.54. The van der Waals surface area contributed by atoms with E-state index in [1.165, 1.54) is 31.2 Å². The Bertz CT molecular complexity index is 340. The van der Waals surface area contributed by atoms with Crippen LogP contribution in [0.2, 0.25) is 0 Å². The molecule has 0 aromatic heterocycles. The van der Waals surface area contributed by atoms with Crippen molar-refractivity contribution in [2.75, 3.05) is 0 Å². The van der Waals surface area contributed by atoms with Gasteiger partial charge in [0.15, 0.2) is 0 Å². The Morgan fingerprint density at radius 2 is 1.35 bits per heavy atom. The highest BCUT2D eigenvalue weighted by molar-refractivity contribution is 5.30. The Hall–Kier alpha value is -1.29. The van der Waals surface area contributed by atoms with Crippen molar-refractivity contribution in [2.45, 2.75) is 46.5 Å². The fourth-order valence-corrected chi connectivity index (χ4v) is 2.05. The largest absolute Gasteiger partial charge is 0.192 e. The Balaban J connectivity index is 0.000000171. The molecule has 0 atom stereocenters. The summed E-state index contributed by atoms with van der Waals surface area (Å²) < 4.78 is 0. The third-order valence-electron chi connectivity index (χ3n) is 3.49. The first-order valence-corrected chi connectivity index (χ1v) is 6.58. The predicted molar refractivity (Wildman–Crippen MR) is 72.7 cm³/mol. The van der Waals surface area contributed by atoms with E-state index in [0.717, 1.165) is 17.4 Å². The zero-order chi connectivity index (χ0) is 12.7. The number of aryl methyl sites for hydroxylation is 1. The van der Waals surface area contributed by atoms with E-state index in [1.54, 1.807) is 0 Å². The summed E-state index contributed by atoms with van der Waals surface area (Å²) in [6.07, 6.45) is 5.89. The van der Waals surface area contributed by atoms with E-state index in [9.17, 15) is 0 Å². The van der Waals surface area contributed by atoms with E-state index in [2.05, 4.69) is 19.9 Å². The maximum Gasteiger partial charge on any atom is 0.0991 e. The molecule has 0 aliphatic heterocycles. The summed E-state index contributed by atoms with van der Waals surface area (Å²) in [5.41, 5.74) is 1.91. The number of hydrogen-bond acceptors (Lipinski definition) is 1. The molecule has 0 saturated heterocycles.